The van der Waals surface area contributed by atoms with Crippen molar-refractivity contribution < 1.29 is 23.0 Å². The van der Waals surface area contributed by atoms with Crippen molar-refractivity contribution in [3.05, 3.63) is 35.9 Å². The van der Waals surface area contributed by atoms with Crippen molar-refractivity contribution in [3.63, 3.8) is 0 Å². The van der Waals surface area contributed by atoms with Crippen LogP contribution in [0.4, 0.5) is 19.5 Å². The SMILES string of the molecule is CC(C)COC(=O)N1CCC([C@H](C)Oc2cnc(N3C[C@H](C4=CC(F)CC=C4F)[C@@H](N)C3)nc2)CC1. The minimum atomic E-state index is -1.18. The Morgan fingerprint density at radius 2 is 1.89 bits per heavy atom. The molecule has 36 heavy (non-hydrogen) atoms. The number of aromatic nitrogens is 2. The van der Waals surface area contributed by atoms with Crippen LogP contribution in [-0.4, -0.2) is 72.1 Å². The Hall–Kier alpha value is -2.75. The highest BCUT2D eigenvalue weighted by molar-refractivity contribution is 5.67. The molecule has 0 spiro atoms. The van der Waals surface area contributed by atoms with Gasteiger partial charge in [-0.25, -0.2) is 23.5 Å². The molecule has 3 heterocycles. The number of piperidine rings is 1. The normalized spacial score (nSPS) is 26.0. The van der Waals surface area contributed by atoms with Crippen LogP contribution in [0.2, 0.25) is 0 Å². The lowest BCUT2D eigenvalue weighted by atomic mass is 9.89. The molecule has 1 aliphatic carbocycles. The van der Waals surface area contributed by atoms with E-state index in [1.165, 1.54) is 12.2 Å². The minimum Gasteiger partial charge on any atom is -0.487 e. The molecule has 2 saturated heterocycles. The predicted molar refractivity (Wildman–Crippen MR) is 133 cm³/mol. The first-order chi connectivity index (χ1) is 17.2. The molecule has 2 aliphatic heterocycles. The second-order valence-corrected chi connectivity index (χ2v) is 10.4. The van der Waals surface area contributed by atoms with E-state index in [0.29, 0.717) is 61.9 Å². The van der Waals surface area contributed by atoms with E-state index in [4.69, 9.17) is 15.2 Å². The van der Waals surface area contributed by atoms with Crippen LogP contribution < -0.4 is 15.4 Å². The summed E-state index contributed by atoms with van der Waals surface area (Å²) in [5.41, 5.74) is 6.61. The van der Waals surface area contributed by atoms with Crippen LogP contribution in [0.1, 0.15) is 40.0 Å². The van der Waals surface area contributed by atoms with Crippen LogP contribution in [0.5, 0.6) is 5.75 Å². The Labute approximate surface area is 211 Å². The Balaban J connectivity index is 1.27. The molecule has 198 valence electrons. The summed E-state index contributed by atoms with van der Waals surface area (Å²) in [6, 6.07) is -0.339. The van der Waals surface area contributed by atoms with Crippen LogP contribution >= 0.6 is 0 Å². The molecular weight excluding hydrogens is 468 g/mol. The third-order valence-corrected chi connectivity index (χ3v) is 7.14. The standard InChI is InChI=1S/C26H37F2N5O3/c1-16(2)15-35-26(34)32-8-6-18(7-9-32)17(3)36-20-11-30-25(31-12-20)33-13-22(24(29)14-33)21-10-19(27)4-5-23(21)28/h5,10-12,16-19,22,24H,4,6-9,13-15,29H2,1-3H3/t17-,19?,22+,24-/m0/s1. The summed E-state index contributed by atoms with van der Waals surface area (Å²) in [6.45, 7) is 8.67. The fourth-order valence-corrected chi connectivity index (χ4v) is 5.02. The number of hydrogen-bond acceptors (Lipinski definition) is 7. The van der Waals surface area contributed by atoms with Gasteiger partial charge in [0.2, 0.25) is 5.95 Å². The molecule has 0 saturated carbocycles. The number of amides is 1. The highest BCUT2D eigenvalue weighted by Crippen LogP contribution is 2.34. The zero-order valence-electron chi connectivity index (χ0n) is 21.3. The minimum absolute atomic E-state index is 0.0560. The van der Waals surface area contributed by atoms with Gasteiger partial charge >= 0.3 is 6.09 Å². The molecule has 2 N–H and O–H groups in total. The van der Waals surface area contributed by atoms with Gasteiger partial charge in [-0.05, 0) is 49.3 Å². The number of nitrogens with two attached hydrogens (primary N) is 1. The van der Waals surface area contributed by atoms with E-state index in [0.717, 1.165) is 12.8 Å². The number of rotatable bonds is 7. The second-order valence-electron chi connectivity index (χ2n) is 10.4. The maximum atomic E-state index is 14.3. The van der Waals surface area contributed by atoms with Crippen molar-refractivity contribution >= 4 is 12.0 Å². The largest absolute Gasteiger partial charge is 0.487 e. The van der Waals surface area contributed by atoms with Gasteiger partial charge in [-0.3, -0.25) is 0 Å². The number of carbonyl (C=O) groups is 1. The van der Waals surface area contributed by atoms with Gasteiger partial charge < -0.3 is 25.0 Å². The maximum Gasteiger partial charge on any atom is 0.409 e. The smallest absolute Gasteiger partial charge is 0.409 e. The van der Waals surface area contributed by atoms with Crippen molar-refractivity contribution in [2.75, 3.05) is 37.7 Å². The molecule has 0 aromatic carbocycles. The Morgan fingerprint density at radius 1 is 1.19 bits per heavy atom. The number of likely N-dealkylation sites (tertiary alicyclic amines) is 1. The van der Waals surface area contributed by atoms with Gasteiger partial charge in [-0.1, -0.05) is 13.8 Å². The summed E-state index contributed by atoms with van der Waals surface area (Å²) >= 11 is 0. The average molecular weight is 506 g/mol. The van der Waals surface area contributed by atoms with Gasteiger partial charge in [0.05, 0.1) is 25.1 Å². The highest BCUT2D eigenvalue weighted by atomic mass is 19.1. The zero-order chi connectivity index (χ0) is 25.8. The van der Waals surface area contributed by atoms with Crippen LogP contribution in [0.3, 0.4) is 0 Å². The molecule has 0 bridgehead atoms. The van der Waals surface area contributed by atoms with Gasteiger partial charge in [0, 0.05) is 44.6 Å². The fraction of sp³-hybridized carbons (Fsp3) is 0.654. The fourth-order valence-electron chi connectivity index (χ4n) is 5.02. The molecule has 1 unspecified atom stereocenters. The first-order valence-corrected chi connectivity index (χ1v) is 12.8. The molecule has 4 rings (SSSR count). The maximum absolute atomic E-state index is 14.3. The van der Waals surface area contributed by atoms with E-state index < -0.39 is 6.17 Å². The quantitative estimate of drug-likeness (QED) is 0.598. The number of ether oxygens (including phenoxy) is 2. The number of nitrogens with zero attached hydrogens (tertiary/aromatic N) is 4. The molecule has 3 aliphatic rings. The molecule has 1 amide bonds. The molecule has 4 atom stereocenters. The first-order valence-electron chi connectivity index (χ1n) is 12.8. The topological polar surface area (TPSA) is 93.8 Å². The number of halogens is 2. The van der Waals surface area contributed by atoms with Crippen molar-refractivity contribution in [2.24, 2.45) is 23.5 Å². The van der Waals surface area contributed by atoms with Crippen LogP contribution in [0.15, 0.2) is 35.9 Å². The van der Waals surface area contributed by atoms with Crippen LogP contribution in [0, 0.1) is 17.8 Å². The molecule has 1 aromatic rings. The second kappa shape index (κ2) is 11.5. The molecule has 8 nitrogen and oxygen atoms in total. The Morgan fingerprint density at radius 3 is 2.56 bits per heavy atom. The monoisotopic (exact) mass is 505 g/mol. The Bertz CT molecular complexity index is 963. The summed E-state index contributed by atoms with van der Waals surface area (Å²) in [7, 11) is 0. The average Bonchev–Trinajstić information content (AvgIpc) is 3.25. The summed E-state index contributed by atoms with van der Waals surface area (Å²) in [5, 5.41) is 0. The van der Waals surface area contributed by atoms with E-state index in [1.54, 1.807) is 17.3 Å². The van der Waals surface area contributed by atoms with Crippen molar-refractivity contribution in [3.8, 4) is 5.75 Å². The molecular formula is C26H37F2N5O3. The van der Waals surface area contributed by atoms with Gasteiger partial charge in [0.15, 0.2) is 5.75 Å². The van der Waals surface area contributed by atoms with Gasteiger partial charge in [0.1, 0.15) is 12.0 Å². The van der Waals surface area contributed by atoms with Crippen molar-refractivity contribution in [1.29, 1.82) is 0 Å². The van der Waals surface area contributed by atoms with E-state index in [-0.39, 0.29) is 36.4 Å². The molecule has 0 radical (unpaired) electrons. The number of anilines is 1. The number of hydrogen-bond donors (Lipinski definition) is 1. The van der Waals surface area contributed by atoms with Gasteiger partial charge in [-0.2, -0.15) is 0 Å². The summed E-state index contributed by atoms with van der Waals surface area (Å²) in [5.74, 6) is 0.974. The predicted octanol–water partition coefficient (Wildman–Crippen LogP) is 4.03. The molecule has 10 heteroatoms. The number of alkyl halides is 1. The van der Waals surface area contributed by atoms with Gasteiger partial charge in [-0.15, -0.1) is 0 Å². The van der Waals surface area contributed by atoms with E-state index in [2.05, 4.69) is 9.97 Å². The lowest BCUT2D eigenvalue weighted by Crippen LogP contribution is -2.42. The van der Waals surface area contributed by atoms with Gasteiger partial charge in [0.25, 0.3) is 0 Å². The molecule has 2 fully saturated rings. The molecule has 1 aromatic heterocycles. The van der Waals surface area contributed by atoms with E-state index in [9.17, 15) is 13.6 Å². The third kappa shape index (κ3) is 6.32. The highest BCUT2D eigenvalue weighted by Gasteiger charge is 2.36. The summed E-state index contributed by atoms with van der Waals surface area (Å²) < 4.78 is 39.5. The first kappa shape index (κ1) is 26.3. The lowest BCUT2D eigenvalue weighted by Gasteiger charge is -2.34. The number of carbonyl (C=O) groups excluding carboxylic acids is 1. The van der Waals surface area contributed by atoms with E-state index >= 15 is 0 Å². The third-order valence-electron chi connectivity index (χ3n) is 7.14. The van der Waals surface area contributed by atoms with Crippen molar-refractivity contribution in [1.82, 2.24) is 14.9 Å². The van der Waals surface area contributed by atoms with E-state index in [1.807, 2.05) is 25.7 Å². The Kier molecular flexibility index (Phi) is 8.43. The van der Waals surface area contributed by atoms with Crippen LogP contribution in [-0.2, 0) is 4.74 Å². The lowest BCUT2D eigenvalue weighted by molar-refractivity contribution is 0.0586. The summed E-state index contributed by atoms with van der Waals surface area (Å²) in [6.07, 6.45) is 6.17. The van der Waals surface area contributed by atoms with Crippen molar-refractivity contribution in [2.45, 2.75) is 58.4 Å². The summed E-state index contributed by atoms with van der Waals surface area (Å²) in [4.78, 5) is 24.7. The number of allylic oxidation sites excluding steroid dienone is 3. The van der Waals surface area contributed by atoms with Crippen LogP contribution in [0.25, 0.3) is 0 Å². The zero-order valence-corrected chi connectivity index (χ0v) is 21.3.